The Bertz CT molecular complexity index is 391. The van der Waals surface area contributed by atoms with Gasteiger partial charge >= 0.3 is 5.97 Å². The molecule has 17 heavy (non-hydrogen) atoms. The molecule has 1 aromatic rings. The SMILES string of the molecule is COC(=O)C(C)(C)CNCc1ccnc(C)n1. The van der Waals surface area contributed by atoms with Crippen LogP contribution in [0.4, 0.5) is 0 Å². The Labute approximate surface area is 102 Å². The van der Waals surface area contributed by atoms with E-state index < -0.39 is 5.41 Å². The Kier molecular flexibility index (Phi) is 4.57. The van der Waals surface area contributed by atoms with Gasteiger partial charge in [0.1, 0.15) is 5.82 Å². The number of aryl methyl sites for hydroxylation is 1. The van der Waals surface area contributed by atoms with Crippen molar-refractivity contribution in [1.82, 2.24) is 15.3 Å². The Morgan fingerprint density at radius 2 is 2.24 bits per heavy atom. The van der Waals surface area contributed by atoms with Gasteiger partial charge in [0.25, 0.3) is 0 Å². The van der Waals surface area contributed by atoms with E-state index in [0.29, 0.717) is 13.1 Å². The summed E-state index contributed by atoms with van der Waals surface area (Å²) < 4.78 is 4.73. The Balaban J connectivity index is 2.45. The fourth-order valence-corrected chi connectivity index (χ4v) is 1.46. The first-order valence-corrected chi connectivity index (χ1v) is 5.53. The molecule has 5 nitrogen and oxygen atoms in total. The second kappa shape index (κ2) is 5.72. The molecule has 0 amide bonds. The first-order valence-electron chi connectivity index (χ1n) is 5.53. The van der Waals surface area contributed by atoms with Crippen molar-refractivity contribution in [2.45, 2.75) is 27.3 Å². The molecule has 1 heterocycles. The Morgan fingerprint density at radius 3 is 2.82 bits per heavy atom. The van der Waals surface area contributed by atoms with E-state index in [1.165, 1.54) is 7.11 Å². The molecule has 0 spiro atoms. The second-order valence-corrected chi connectivity index (χ2v) is 4.57. The van der Waals surface area contributed by atoms with Crippen LogP contribution >= 0.6 is 0 Å². The summed E-state index contributed by atoms with van der Waals surface area (Å²) in [7, 11) is 1.40. The molecule has 5 heteroatoms. The number of nitrogens with zero attached hydrogens (tertiary/aromatic N) is 2. The Hall–Kier alpha value is -1.49. The lowest BCUT2D eigenvalue weighted by atomic mass is 9.94. The van der Waals surface area contributed by atoms with Crippen molar-refractivity contribution in [3.8, 4) is 0 Å². The summed E-state index contributed by atoms with van der Waals surface area (Å²) in [6.07, 6.45) is 1.73. The molecule has 0 aliphatic rings. The molecular formula is C12H19N3O2. The first-order chi connectivity index (χ1) is 7.95. The average Bonchev–Trinajstić information content (AvgIpc) is 2.27. The number of ether oxygens (including phenoxy) is 1. The molecule has 1 aromatic heterocycles. The summed E-state index contributed by atoms with van der Waals surface area (Å²) in [6, 6.07) is 1.85. The van der Waals surface area contributed by atoms with Gasteiger partial charge in [-0.2, -0.15) is 0 Å². The van der Waals surface area contributed by atoms with E-state index in [9.17, 15) is 4.79 Å². The standard InChI is InChI=1S/C12H19N3O2/c1-9-14-6-5-10(15-9)7-13-8-12(2,3)11(16)17-4/h5-6,13H,7-8H2,1-4H3. The van der Waals surface area contributed by atoms with Crippen LogP contribution in [0.25, 0.3) is 0 Å². The number of hydrogen-bond acceptors (Lipinski definition) is 5. The fourth-order valence-electron chi connectivity index (χ4n) is 1.46. The van der Waals surface area contributed by atoms with Crippen molar-refractivity contribution in [3.05, 3.63) is 23.8 Å². The lowest BCUT2D eigenvalue weighted by Gasteiger charge is -2.21. The molecule has 0 radical (unpaired) electrons. The van der Waals surface area contributed by atoms with Crippen LogP contribution in [-0.4, -0.2) is 29.6 Å². The third kappa shape index (κ3) is 4.11. The zero-order chi connectivity index (χ0) is 12.9. The van der Waals surface area contributed by atoms with Crippen molar-refractivity contribution in [2.24, 2.45) is 5.41 Å². The molecule has 0 aliphatic heterocycles. The van der Waals surface area contributed by atoms with Crippen LogP contribution < -0.4 is 5.32 Å². The number of rotatable bonds is 5. The predicted molar refractivity (Wildman–Crippen MR) is 64.3 cm³/mol. The maximum atomic E-state index is 11.4. The number of methoxy groups -OCH3 is 1. The van der Waals surface area contributed by atoms with Crippen LogP contribution in [0.3, 0.4) is 0 Å². The molecule has 0 fully saturated rings. The second-order valence-electron chi connectivity index (χ2n) is 4.57. The number of hydrogen-bond donors (Lipinski definition) is 1. The molecule has 1 N–H and O–H groups in total. The van der Waals surface area contributed by atoms with Crippen LogP contribution in [0.1, 0.15) is 25.4 Å². The van der Waals surface area contributed by atoms with E-state index in [2.05, 4.69) is 15.3 Å². The third-order valence-corrected chi connectivity index (χ3v) is 2.44. The molecule has 0 bridgehead atoms. The smallest absolute Gasteiger partial charge is 0.312 e. The summed E-state index contributed by atoms with van der Waals surface area (Å²) in [6.45, 7) is 6.70. The molecule has 1 rings (SSSR count). The van der Waals surface area contributed by atoms with Gasteiger partial charge in [0, 0.05) is 19.3 Å². The van der Waals surface area contributed by atoms with Gasteiger partial charge in [0.15, 0.2) is 0 Å². The quantitative estimate of drug-likeness (QED) is 0.776. The van der Waals surface area contributed by atoms with Crippen molar-refractivity contribution in [1.29, 1.82) is 0 Å². The van der Waals surface area contributed by atoms with Gasteiger partial charge in [0.2, 0.25) is 0 Å². The minimum Gasteiger partial charge on any atom is -0.469 e. The fraction of sp³-hybridized carbons (Fsp3) is 0.583. The van der Waals surface area contributed by atoms with Crippen LogP contribution in [0.2, 0.25) is 0 Å². The summed E-state index contributed by atoms with van der Waals surface area (Å²) in [4.78, 5) is 19.7. The van der Waals surface area contributed by atoms with Crippen LogP contribution in [-0.2, 0) is 16.1 Å². The highest BCUT2D eigenvalue weighted by Gasteiger charge is 2.27. The Morgan fingerprint density at radius 1 is 1.53 bits per heavy atom. The monoisotopic (exact) mass is 237 g/mol. The van der Waals surface area contributed by atoms with Gasteiger partial charge in [-0.05, 0) is 26.8 Å². The minimum atomic E-state index is -0.531. The topological polar surface area (TPSA) is 64.1 Å². The average molecular weight is 237 g/mol. The van der Waals surface area contributed by atoms with Gasteiger partial charge in [0.05, 0.1) is 18.2 Å². The lowest BCUT2D eigenvalue weighted by Crippen LogP contribution is -2.36. The highest BCUT2D eigenvalue weighted by molar-refractivity contribution is 5.76. The number of carbonyl (C=O) groups excluding carboxylic acids is 1. The minimum absolute atomic E-state index is 0.219. The largest absolute Gasteiger partial charge is 0.469 e. The maximum absolute atomic E-state index is 11.4. The van der Waals surface area contributed by atoms with Crippen molar-refractivity contribution < 1.29 is 9.53 Å². The number of carbonyl (C=O) groups is 1. The molecule has 0 aromatic carbocycles. The zero-order valence-corrected chi connectivity index (χ0v) is 10.8. The van der Waals surface area contributed by atoms with Crippen molar-refractivity contribution in [2.75, 3.05) is 13.7 Å². The van der Waals surface area contributed by atoms with Crippen molar-refractivity contribution in [3.63, 3.8) is 0 Å². The summed E-state index contributed by atoms with van der Waals surface area (Å²) in [5.41, 5.74) is 0.384. The highest BCUT2D eigenvalue weighted by Crippen LogP contribution is 2.15. The first kappa shape index (κ1) is 13.6. The molecule has 0 saturated carbocycles. The van der Waals surface area contributed by atoms with E-state index in [-0.39, 0.29) is 5.97 Å². The van der Waals surface area contributed by atoms with Crippen LogP contribution in [0.15, 0.2) is 12.3 Å². The van der Waals surface area contributed by atoms with Gasteiger partial charge in [-0.15, -0.1) is 0 Å². The van der Waals surface area contributed by atoms with E-state index in [1.807, 2.05) is 26.8 Å². The summed E-state index contributed by atoms with van der Waals surface area (Å²) >= 11 is 0. The van der Waals surface area contributed by atoms with E-state index in [1.54, 1.807) is 6.20 Å². The molecule has 0 atom stereocenters. The van der Waals surface area contributed by atoms with E-state index >= 15 is 0 Å². The molecule has 0 unspecified atom stereocenters. The van der Waals surface area contributed by atoms with Gasteiger partial charge in [-0.3, -0.25) is 4.79 Å². The number of esters is 1. The summed E-state index contributed by atoms with van der Waals surface area (Å²) in [5, 5.41) is 3.19. The normalized spacial score (nSPS) is 11.3. The molecule has 94 valence electrons. The van der Waals surface area contributed by atoms with Gasteiger partial charge in [-0.25, -0.2) is 9.97 Å². The van der Waals surface area contributed by atoms with E-state index in [4.69, 9.17) is 4.74 Å². The van der Waals surface area contributed by atoms with Crippen molar-refractivity contribution >= 4 is 5.97 Å². The van der Waals surface area contributed by atoms with Crippen LogP contribution in [0, 0.1) is 12.3 Å². The van der Waals surface area contributed by atoms with Gasteiger partial charge in [-0.1, -0.05) is 0 Å². The molecule has 0 saturated heterocycles. The maximum Gasteiger partial charge on any atom is 0.312 e. The number of aromatic nitrogens is 2. The summed E-state index contributed by atoms with van der Waals surface area (Å²) in [5.74, 6) is 0.528. The predicted octanol–water partition coefficient (Wildman–Crippen LogP) is 1.07. The molecule has 0 aliphatic carbocycles. The van der Waals surface area contributed by atoms with Gasteiger partial charge < -0.3 is 10.1 Å². The van der Waals surface area contributed by atoms with E-state index in [0.717, 1.165) is 11.5 Å². The third-order valence-electron chi connectivity index (χ3n) is 2.44. The molecular weight excluding hydrogens is 218 g/mol. The zero-order valence-electron chi connectivity index (χ0n) is 10.8. The number of nitrogens with one attached hydrogen (secondary N) is 1. The lowest BCUT2D eigenvalue weighted by molar-refractivity contribution is -0.150. The van der Waals surface area contributed by atoms with Crippen LogP contribution in [0.5, 0.6) is 0 Å². The highest BCUT2D eigenvalue weighted by atomic mass is 16.5.